The summed E-state index contributed by atoms with van der Waals surface area (Å²) in [6.45, 7) is 5.69. The fraction of sp³-hybridized carbons (Fsp3) is 0.750. The van der Waals surface area contributed by atoms with E-state index in [0.717, 1.165) is 12.8 Å². The van der Waals surface area contributed by atoms with Crippen molar-refractivity contribution in [3.63, 3.8) is 0 Å². The maximum Gasteiger partial charge on any atom is 0.0543 e. The van der Waals surface area contributed by atoms with E-state index in [-0.39, 0.29) is 6.04 Å². The van der Waals surface area contributed by atoms with E-state index in [1.54, 1.807) is 7.11 Å². The van der Waals surface area contributed by atoms with Crippen molar-refractivity contribution in [2.75, 3.05) is 7.11 Å². The molecule has 0 aromatic heterocycles. The molecule has 0 aliphatic heterocycles. The Kier molecular flexibility index (Phi) is 6.12. The van der Waals surface area contributed by atoms with Crippen LogP contribution in [0.3, 0.4) is 0 Å². The minimum Gasteiger partial charge on any atom is -0.382 e. The van der Waals surface area contributed by atoms with Gasteiger partial charge in [-0.3, -0.25) is 11.3 Å². The smallest absolute Gasteiger partial charge is 0.0543 e. The van der Waals surface area contributed by atoms with E-state index in [4.69, 9.17) is 10.6 Å². The molecule has 0 aromatic rings. The van der Waals surface area contributed by atoms with Gasteiger partial charge in [-0.25, -0.2) is 0 Å². The molecule has 0 radical (unpaired) electrons. The van der Waals surface area contributed by atoms with Crippen LogP contribution in [0.1, 0.15) is 19.8 Å². The lowest BCUT2D eigenvalue weighted by Crippen LogP contribution is -2.33. The molecule has 0 aliphatic carbocycles. The molecule has 0 bridgehead atoms. The number of hydrazine groups is 1. The van der Waals surface area contributed by atoms with E-state index in [1.807, 2.05) is 13.0 Å². The lowest BCUT2D eigenvalue weighted by molar-refractivity contribution is 0.107. The van der Waals surface area contributed by atoms with Gasteiger partial charge in [0.25, 0.3) is 0 Å². The number of nitrogens with one attached hydrogen (secondary N) is 1. The molecule has 0 heterocycles. The summed E-state index contributed by atoms with van der Waals surface area (Å²) in [5.74, 6) is 5.25. The summed E-state index contributed by atoms with van der Waals surface area (Å²) < 4.78 is 5.09. The molecular formula is C8H18N2O. The highest BCUT2D eigenvalue weighted by Crippen LogP contribution is 2.03. The van der Waals surface area contributed by atoms with Crippen LogP contribution in [-0.4, -0.2) is 19.3 Å². The number of ether oxygens (including phenoxy) is 1. The number of rotatable bonds is 6. The fourth-order valence-corrected chi connectivity index (χ4v) is 0.801. The van der Waals surface area contributed by atoms with Gasteiger partial charge in [-0.15, -0.1) is 6.58 Å². The Balaban J connectivity index is 3.41. The molecule has 11 heavy (non-hydrogen) atoms. The van der Waals surface area contributed by atoms with Gasteiger partial charge < -0.3 is 4.74 Å². The predicted molar refractivity (Wildman–Crippen MR) is 47.0 cm³/mol. The lowest BCUT2D eigenvalue weighted by Gasteiger charge is -2.13. The molecule has 66 valence electrons. The molecule has 2 atom stereocenters. The summed E-state index contributed by atoms with van der Waals surface area (Å²) in [5, 5.41) is 0. The summed E-state index contributed by atoms with van der Waals surface area (Å²) in [7, 11) is 1.71. The molecule has 0 aromatic carbocycles. The van der Waals surface area contributed by atoms with Gasteiger partial charge in [0.2, 0.25) is 0 Å². The second kappa shape index (κ2) is 6.34. The maximum absolute atomic E-state index is 5.25. The monoisotopic (exact) mass is 158 g/mol. The fourth-order valence-electron chi connectivity index (χ4n) is 0.801. The van der Waals surface area contributed by atoms with Crippen LogP contribution < -0.4 is 11.3 Å². The average Bonchev–Trinajstić information content (AvgIpc) is 2.06. The molecule has 0 rings (SSSR count). The van der Waals surface area contributed by atoms with Gasteiger partial charge in [-0.05, 0) is 19.8 Å². The van der Waals surface area contributed by atoms with Gasteiger partial charge >= 0.3 is 0 Å². The van der Waals surface area contributed by atoms with Crippen molar-refractivity contribution in [3.05, 3.63) is 12.7 Å². The first-order valence-corrected chi connectivity index (χ1v) is 3.86. The van der Waals surface area contributed by atoms with Gasteiger partial charge in [-0.1, -0.05) is 6.08 Å². The second-order valence-electron chi connectivity index (χ2n) is 2.63. The van der Waals surface area contributed by atoms with Crippen molar-refractivity contribution in [2.45, 2.75) is 31.9 Å². The van der Waals surface area contributed by atoms with Crippen molar-refractivity contribution < 1.29 is 4.74 Å². The van der Waals surface area contributed by atoms with Crippen molar-refractivity contribution in [1.82, 2.24) is 5.43 Å². The summed E-state index contributed by atoms with van der Waals surface area (Å²) in [6, 6.07) is 0.201. The van der Waals surface area contributed by atoms with E-state index in [2.05, 4.69) is 12.0 Å². The maximum atomic E-state index is 5.25. The van der Waals surface area contributed by atoms with Crippen LogP contribution in [-0.2, 0) is 4.74 Å². The number of nitrogens with two attached hydrogens (primary N) is 1. The topological polar surface area (TPSA) is 47.3 Å². The van der Waals surface area contributed by atoms with Crippen LogP contribution in [0.15, 0.2) is 12.7 Å². The molecule has 0 saturated carbocycles. The zero-order valence-electron chi connectivity index (χ0n) is 7.34. The van der Waals surface area contributed by atoms with Crippen LogP contribution in [0.25, 0.3) is 0 Å². The number of hydrogen-bond donors (Lipinski definition) is 2. The molecule has 0 saturated heterocycles. The predicted octanol–water partition coefficient (Wildman–Crippen LogP) is 0.819. The minimum absolute atomic E-state index is 0.201. The Morgan fingerprint density at radius 1 is 1.64 bits per heavy atom. The highest BCUT2D eigenvalue weighted by Gasteiger charge is 2.04. The first-order valence-electron chi connectivity index (χ1n) is 3.86. The summed E-state index contributed by atoms with van der Waals surface area (Å²) in [4.78, 5) is 0. The second-order valence-corrected chi connectivity index (χ2v) is 2.63. The third kappa shape index (κ3) is 4.95. The molecule has 0 spiro atoms. The van der Waals surface area contributed by atoms with E-state index >= 15 is 0 Å². The molecule has 0 aliphatic rings. The molecule has 0 fully saturated rings. The quantitative estimate of drug-likeness (QED) is 0.342. The minimum atomic E-state index is 0.201. The number of methoxy groups -OCH3 is 1. The van der Waals surface area contributed by atoms with E-state index in [1.165, 1.54) is 0 Å². The Morgan fingerprint density at radius 2 is 2.27 bits per heavy atom. The molecule has 2 unspecified atom stereocenters. The summed E-state index contributed by atoms with van der Waals surface area (Å²) in [6.07, 6.45) is 4.07. The van der Waals surface area contributed by atoms with Gasteiger partial charge in [0.1, 0.15) is 0 Å². The largest absolute Gasteiger partial charge is 0.382 e. The zero-order chi connectivity index (χ0) is 8.69. The number of hydrogen-bond acceptors (Lipinski definition) is 3. The van der Waals surface area contributed by atoms with Gasteiger partial charge in [0, 0.05) is 13.2 Å². The Hall–Kier alpha value is -0.380. The van der Waals surface area contributed by atoms with Gasteiger partial charge in [0.15, 0.2) is 0 Å². The van der Waals surface area contributed by atoms with Gasteiger partial charge in [0.05, 0.1) is 6.10 Å². The Morgan fingerprint density at radius 3 is 2.64 bits per heavy atom. The average molecular weight is 158 g/mol. The molecule has 3 N–H and O–H groups in total. The van der Waals surface area contributed by atoms with Gasteiger partial charge in [-0.2, -0.15) is 0 Å². The normalized spacial score (nSPS) is 15.9. The van der Waals surface area contributed by atoms with Crippen molar-refractivity contribution in [2.24, 2.45) is 5.84 Å². The van der Waals surface area contributed by atoms with Crippen LogP contribution >= 0.6 is 0 Å². The SMILES string of the molecule is C=CC(CCC(C)OC)NN. The Labute approximate surface area is 68.6 Å². The summed E-state index contributed by atoms with van der Waals surface area (Å²) >= 11 is 0. The first-order chi connectivity index (χ1) is 5.24. The lowest BCUT2D eigenvalue weighted by atomic mass is 10.1. The molecule has 3 nitrogen and oxygen atoms in total. The molecular weight excluding hydrogens is 140 g/mol. The highest BCUT2D eigenvalue weighted by molar-refractivity contribution is 4.83. The zero-order valence-corrected chi connectivity index (χ0v) is 7.34. The van der Waals surface area contributed by atoms with Crippen LogP contribution in [0.5, 0.6) is 0 Å². The molecule has 0 amide bonds. The first kappa shape index (κ1) is 10.6. The third-order valence-electron chi connectivity index (χ3n) is 1.79. The van der Waals surface area contributed by atoms with Crippen LogP contribution in [0.4, 0.5) is 0 Å². The molecule has 3 heteroatoms. The van der Waals surface area contributed by atoms with Crippen LogP contribution in [0.2, 0.25) is 0 Å². The van der Waals surface area contributed by atoms with Crippen LogP contribution in [0, 0.1) is 0 Å². The standard InChI is InChI=1S/C8H18N2O/c1-4-8(10-9)6-5-7(2)11-3/h4,7-8,10H,1,5-6,9H2,2-3H3. The van der Waals surface area contributed by atoms with Crippen molar-refractivity contribution in [1.29, 1.82) is 0 Å². The summed E-state index contributed by atoms with van der Waals surface area (Å²) in [5.41, 5.74) is 2.66. The van der Waals surface area contributed by atoms with E-state index < -0.39 is 0 Å². The highest BCUT2D eigenvalue weighted by atomic mass is 16.5. The van der Waals surface area contributed by atoms with E-state index in [9.17, 15) is 0 Å². The van der Waals surface area contributed by atoms with E-state index in [0.29, 0.717) is 6.10 Å². The van der Waals surface area contributed by atoms with Crippen molar-refractivity contribution in [3.8, 4) is 0 Å². The Bertz CT molecular complexity index is 106. The third-order valence-corrected chi connectivity index (χ3v) is 1.79. The van der Waals surface area contributed by atoms with Crippen molar-refractivity contribution >= 4 is 0 Å².